The van der Waals surface area contributed by atoms with E-state index in [1.165, 1.54) is 26.2 Å². The lowest BCUT2D eigenvalue weighted by Gasteiger charge is -2.11. The van der Waals surface area contributed by atoms with Gasteiger partial charge in [-0.15, -0.1) is 0 Å². The topological polar surface area (TPSA) is 121 Å². The molecule has 0 aliphatic rings. The molecular weight excluding hydrogens is 399 g/mol. The van der Waals surface area contributed by atoms with E-state index in [4.69, 9.17) is 42.8 Å². The van der Waals surface area contributed by atoms with Crippen LogP contribution in [0.2, 0.25) is 10.0 Å². The average molecular weight is 415 g/mol. The highest BCUT2D eigenvalue weighted by atomic mass is 35.5. The SMILES string of the molecule is CCOC(=O)c1c(C)oc(NC(=O)c2c(Cl)ccc(Cl)c2OC)c1C(N)=O. The number of carbonyl (C=O) groups is 3. The summed E-state index contributed by atoms with van der Waals surface area (Å²) < 4.78 is 15.4. The van der Waals surface area contributed by atoms with Crippen LogP contribution in [-0.2, 0) is 4.74 Å². The lowest BCUT2D eigenvalue weighted by Crippen LogP contribution is -2.20. The smallest absolute Gasteiger partial charge is 0.342 e. The average Bonchev–Trinajstić information content (AvgIpc) is 2.92. The Morgan fingerprint density at radius 1 is 1.15 bits per heavy atom. The fourth-order valence-corrected chi connectivity index (χ4v) is 2.90. The van der Waals surface area contributed by atoms with Crippen LogP contribution in [0.15, 0.2) is 16.5 Å². The monoisotopic (exact) mass is 414 g/mol. The minimum absolute atomic E-state index is 0.0381. The van der Waals surface area contributed by atoms with Crippen molar-refractivity contribution >= 4 is 46.9 Å². The largest absolute Gasteiger partial charge is 0.494 e. The number of nitrogens with one attached hydrogen (secondary N) is 1. The van der Waals surface area contributed by atoms with E-state index in [1.54, 1.807) is 6.92 Å². The van der Waals surface area contributed by atoms with Crippen molar-refractivity contribution in [3.63, 3.8) is 0 Å². The molecule has 0 saturated carbocycles. The van der Waals surface area contributed by atoms with Crippen LogP contribution in [0.5, 0.6) is 5.75 Å². The zero-order chi connectivity index (χ0) is 20.3. The molecule has 0 aliphatic carbocycles. The zero-order valence-corrected chi connectivity index (χ0v) is 16.2. The second-order valence-corrected chi connectivity index (χ2v) is 6.03. The third-order valence-electron chi connectivity index (χ3n) is 3.53. The fraction of sp³-hybridized carbons (Fsp3) is 0.235. The molecule has 0 spiro atoms. The van der Waals surface area contributed by atoms with E-state index in [2.05, 4.69) is 5.32 Å². The van der Waals surface area contributed by atoms with Crippen molar-refractivity contribution in [1.82, 2.24) is 0 Å². The normalized spacial score (nSPS) is 10.4. The number of carbonyl (C=O) groups excluding carboxylic acids is 3. The van der Waals surface area contributed by atoms with E-state index in [1.807, 2.05) is 0 Å². The molecule has 0 radical (unpaired) electrons. The molecule has 2 rings (SSSR count). The van der Waals surface area contributed by atoms with Gasteiger partial charge in [0.25, 0.3) is 11.8 Å². The van der Waals surface area contributed by atoms with Gasteiger partial charge in [0.05, 0.1) is 23.8 Å². The third-order valence-corrected chi connectivity index (χ3v) is 4.14. The first kappa shape index (κ1) is 20.6. The first-order valence-electron chi connectivity index (χ1n) is 7.66. The molecule has 1 aromatic heterocycles. The summed E-state index contributed by atoms with van der Waals surface area (Å²) in [5, 5.41) is 2.59. The number of rotatable bonds is 6. The van der Waals surface area contributed by atoms with Crippen molar-refractivity contribution < 1.29 is 28.3 Å². The molecule has 10 heteroatoms. The number of nitrogens with two attached hydrogens (primary N) is 1. The molecule has 0 aliphatic heterocycles. The van der Waals surface area contributed by atoms with Crippen molar-refractivity contribution in [3.05, 3.63) is 44.6 Å². The summed E-state index contributed by atoms with van der Waals surface area (Å²) in [7, 11) is 1.32. The molecule has 8 nitrogen and oxygen atoms in total. The summed E-state index contributed by atoms with van der Waals surface area (Å²) in [5.41, 5.74) is 4.81. The second-order valence-electron chi connectivity index (χ2n) is 5.21. The van der Waals surface area contributed by atoms with Crippen LogP contribution in [0.1, 0.15) is 43.8 Å². The number of hydrogen-bond acceptors (Lipinski definition) is 6. The number of furan rings is 1. The van der Waals surface area contributed by atoms with E-state index in [0.29, 0.717) is 0 Å². The van der Waals surface area contributed by atoms with Gasteiger partial charge in [0.2, 0.25) is 5.88 Å². The number of amides is 2. The van der Waals surface area contributed by atoms with Gasteiger partial charge < -0.3 is 19.6 Å². The van der Waals surface area contributed by atoms with E-state index >= 15 is 0 Å². The van der Waals surface area contributed by atoms with Crippen molar-refractivity contribution in [2.45, 2.75) is 13.8 Å². The minimum Gasteiger partial charge on any atom is -0.494 e. The van der Waals surface area contributed by atoms with Gasteiger partial charge in [-0.05, 0) is 26.0 Å². The van der Waals surface area contributed by atoms with E-state index in [-0.39, 0.29) is 50.7 Å². The lowest BCUT2D eigenvalue weighted by molar-refractivity contribution is 0.0521. The van der Waals surface area contributed by atoms with Crippen molar-refractivity contribution in [2.24, 2.45) is 5.73 Å². The Hall–Kier alpha value is -2.71. The van der Waals surface area contributed by atoms with Gasteiger partial charge in [-0.25, -0.2) is 4.79 Å². The first-order valence-corrected chi connectivity index (χ1v) is 8.42. The van der Waals surface area contributed by atoms with Crippen LogP contribution >= 0.6 is 23.2 Å². The van der Waals surface area contributed by atoms with Gasteiger partial charge in [0.15, 0.2) is 5.75 Å². The summed E-state index contributed by atoms with van der Waals surface area (Å²) in [4.78, 5) is 36.7. The van der Waals surface area contributed by atoms with Gasteiger partial charge in [-0.1, -0.05) is 23.2 Å². The standard InChI is InChI=1S/C17H16Cl2N2O6/c1-4-26-17(24)10-7(2)27-16(12(10)14(20)22)21-15(23)11-8(18)5-6-9(19)13(11)25-3/h5-6H,4H2,1-3H3,(H2,20,22)(H,21,23). The second kappa shape index (κ2) is 8.32. The predicted molar refractivity (Wildman–Crippen MR) is 98.9 cm³/mol. The Kier molecular flexibility index (Phi) is 6.35. The Labute approximate surface area is 164 Å². The fourth-order valence-electron chi connectivity index (χ4n) is 2.43. The molecule has 2 amide bonds. The number of halogens is 2. The summed E-state index contributed by atoms with van der Waals surface area (Å²) in [6, 6.07) is 2.87. The van der Waals surface area contributed by atoms with Crippen LogP contribution in [0.3, 0.4) is 0 Å². The number of methoxy groups -OCH3 is 1. The third kappa shape index (κ3) is 4.01. The molecule has 0 saturated heterocycles. The maximum Gasteiger partial charge on any atom is 0.342 e. The predicted octanol–water partition coefficient (Wildman–Crippen LogP) is 3.43. The van der Waals surface area contributed by atoms with Gasteiger partial charge in [-0.2, -0.15) is 0 Å². The number of aryl methyl sites for hydroxylation is 1. The van der Waals surface area contributed by atoms with Gasteiger partial charge in [0, 0.05) is 0 Å². The number of ether oxygens (including phenoxy) is 2. The van der Waals surface area contributed by atoms with Crippen molar-refractivity contribution in [1.29, 1.82) is 0 Å². The Bertz CT molecular complexity index is 923. The molecular formula is C17H16Cl2N2O6. The van der Waals surface area contributed by atoms with Crippen LogP contribution in [0.25, 0.3) is 0 Å². The summed E-state index contributed by atoms with van der Waals surface area (Å²) >= 11 is 12.1. The first-order chi connectivity index (χ1) is 12.7. The van der Waals surface area contributed by atoms with Crippen LogP contribution in [0, 0.1) is 6.92 Å². The molecule has 2 aromatic rings. The van der Waals surface area contributed by atoms with E-state index in [0.717, 1.165) is 0 Å². The molecule has 27 heavy (non-hydrogen) atoms. The highest BCUT2D eigenvalue weighted by Crippen LogP contribution is 2.35. The summed E-state index contributed by atoms with van der Waals surface area (Å²) in [5.74, 6) is -2.77. The molecule has 144 valence electrons. The lowest BCUT2D eigenvalue weighted by atomic mass is 10.1. The summed E-state index contributed by atoms with van der Waals surface area (Å²) in [6.45, 7) is 3.12. The molecule has 1 heterocycles. The number of esters is 1. The van der Waals surface area contributed by atoms with Gasteiger partial charge >= 0.3 is 5.97 Å². The van der Waals surface area contributed by atoms with Crippen LogP contribution in [-0.4, -0.2) is 31.5 Å². The van der Waals surface area contributed by atoms with Crippen molar-refractivity contribution in [2.75, 3.05) is 19.0 Å². The summed E-state index contributed by atoms with van der Waals surface area (Å²) in [6.07, 6.45) is 0. The molecule has 3 N–H and O–H groups in total. The van der Waals surface area contributed by atoms with Gasteiger partial charge in [-0.3, -0.25) is 14.9 Å². The van der Waals surface area contributed by atoms with Gasteiger partial charge in [0.1, 0.15) is 22.5 Å². The Balaban J connectivity index is 2.51. The van der Waals surface area contributed by atoms with E-state index in [9.17, 15) is 14.4 Å². The quantitative estimate of drug-likeness (QED) is 0.698. The highest BCUT2D eigenvalue weighted by Gasteiger charge is 2.30. The van der Waals surface area contributed by atoms with Crippen LogP contribution in [0.4, 0.5) is 5.88 Å². The number of primary amides is 1. The molecule has 1 aromatic carbocycles. The molecule has 0 fully saturated rings. The highest BCUT2D eigenvalue weighted by molar-refractivity contribution is 6.37. The molecule has 0 atom stereocenters. The van der Waals surface area contributed by atoms with Crippen LogP contribution < -0.4 is 15.8 Å². The zero-order valence-electron chi connectivity index (χ0n) is 14.6. The maximum absolute atomic E-state index is 12.7. The van der Waals surface area contributed by atoms with Crippen molar-refractivity contribution in [3.8, 4) is 5.75 Å². The number of benzene rings is 1. The minimum atomic E-state index is -0.977. The molecule has 0 bridgehead atoms. The maximum atomic E-state index is 12.7. The van der Waals surface area contributed by atoms with E-state index < -0.39 is 17.8 Å². The number of anilines is 1. The Morgan fingerprint density at radius 3 is 2.33 bits per heavy atom. The Morgan fingerprint density at radius 2 is 1.78 bits per heavy atom. The number of hydrogen-bond donors (Lipinski definition) is 2. The molecule has 0 unspecified atom stereocenters.